The highest BCUT2D eigenvalue weighted by Gasteiger charge is 2.17. The molecule has 1 aromatic heterocycles. The Hall–Kier alpha value is -1.70. The van der Waals surface area contributed by atoms with Crippen molar-refractivity contribution in [2.24, 2.45) is 0 Å². The molecule has 0 radical (unpaired) electrons. The molecule has 7 heteroatoms. The number of pyridine rings is 1. The van der Waals surface area contributed by atoms with Crippen LogP contribution in [0.25, 0.3) is 0 Å². The average molecular weight is 320 g/mol. The second kappa shape index (κ2) is 7.72. The number of aromatic nitrogens is 1. The zero-order valence-corrected chi connectivity index (χ0v) is 13.3. The minimum absolute atomic E-state index is 0.229. The Bertz CT molecular complexity index is 546. The van der Waals surface area contributed by atoms with Gasteiger partial charge in [-0.2, -0.15) is 0 Å². The van der Waals surface area contributed by atoms with E-state index in [0.29, 0.717) is 25.5 Å². The molecule has 3 rings (SSSR count). The first kappa shape index (κ1) is 16.2. The quantitative estimate of drug-likeness (QED) is 0.700. The highest BCUT2D eigenvalue weighted by Crippen LogP contribution is 2.19. The standard InChI is InChI=1S/C16H24N4O3/c21-12(11-20-6-8-23-9-7-20)10-18-16(22)15-4-3-13-14(19-15)2-1-5-17-13/h3-4,12,17,21H,1-2,5-11H2,(H,18,22). The number of carbonyl (C=O) groups excluding carboxylic acids is 1. The van der Waals surface area contributed by atoms with Gasteiger partial charge in [-0.15, -0.1) is 0 Å². The third kappa shape index (κ3) is 4.40. The Morgan fingerprint density at radius 2 is 2.26 bits per heavy atom. The lowest BCUT2D eigenvalue weighted by atomic mass is 10.1. The maximum atomic E-state index is 12.2. The molecule has 3 N–H and O–H groups in total. The normalized spacial score (nSPS) is 19.5. The van der Waals surface area contributed by atoms with Crippen LogP contribution in [0.4, 0.5) is 5.69 Å². The van der Waals surface area contributed by atoms with Crippen LogP contribution in [-0.4, -0.2) is 72.9 Å². The smallest absolute Gasteiger partial charge is 0.269 e. The van der Waals surface area contributed by atoms with Crippen molar-refractivity contribution in [3.8, 4) is 0 Å². The van der Waals surface area contributed by atoms with Crippen molar-refractivity contribution in [3.63, 3.8) is 0 Å². The summed E-state index contributed by atoms with van der Waals surface area (Å²) in [6.45, 7) is 4.78. The van der Waals surface area contributed by atoms with Gasteiger partial charge in [-0.3, -0.25) is 9.69 Å². The Labute approximate surface area is 136 Å². The maximum absolute atomic E-state index is 12.2. The first-order valence-corrected chi connectivity index (χ1v) is 8.22. The van der Waals surface area contributed by atoms with Gasteiger partial charge in [-0.25, -0.2) is 4.98 Å². The fraction of sp³-hybridized carbons (Fsp3) is 0.625. The van der Waals surface area contributed by atoms with Crippen LogP contribution in [0.1, 0.15) is 22.6 Å². The minimum atomic E-state index is -0.587. The van der Waals surface area contributed by atoms with Gasteiger partial charge >= 0.3 is 0 Å². The Morgan fingerprint density at radius 3 is 3.09 bits per heavy atom. The molecule has 3 heterocycles. The molecule has 2 aliphatic heterocycles. The maximum Gasteiger partial charge on any atom is 0.269 e. The molecular weight excluding hydrogens is 296 g/mol. The summed E-state index contributed by atoms with van der Waals surface area (Å²) in [7, 11) is 0. The summed E-state index contributed by atoms with van der Waals surface area (Å²) in [5.41, 5.74) is 2.36. The average Bonchev–Trinajstić information content (AvgIpc) is 2.60. The summed E-state index contributed by atoms with van der Waals surface area (Å²) < 4.78 is 5.28. The predicted octanol–water partition coefficient (Wildman–Crippen LogP) is -0.137. The molecule has 0 aliphatic carbocycles. The van der Waals surface area contributed by atoms with Gasteiger partial charge in [-0.1, -0.05) is 0 Å². The van der Waals surface area contributed by atoms with E-state index in [1.54, 1.807) is 6.07 Å². The van der Waals surface area contributed by atoms with Crippen molar-refractivity contribution in [3.05, 3.63) is 23.5 Å². The number of amides is 1. The van der Waals surface area contributed by atoms with E-state index in [1.807, 2.05) is 6.07 Å². The number of fused-ring (bicyclic) bond motifs is 1. The molecule has 1 unspecified atom stereocenters. The molecule has 0 aromatic carbocycles. The molecule has 1 aromatic rings. The van der Waals surface area contributed by atoms with Crippen LogP contribution in [0.2, 0.25) is 0 Å². The number of hydrogen-bond acceptors (Lipinski definition) is 6. The van der Waals surface area contributed by atoms with Gasteiger partial charge in [0.1, 0.15) is 5.69 Å². The molecule has 1 fully saturated rings. The lowest BCUT2D eigenvalue weighted by molar-refractivity contribution is 0.0149. The topological polar surface area (TPSA) is 86.7 Å². The Morgan fingerprint density at radius 1 is 1.43 bits per heavy atom. The molecule has 1 amide bonds. The molecule has 1 saturated heterocycles. The Balaban J connectivity index is 1.48. The third-order valence-corrected chi connectivity index (χ3v) is 4.18. The van der Waals surface area contributed by atoms with Gasteiger partial charge in [0.25, 0.3) is 5.91 Å². The summed E-state index contributed by atoms with van der Waals surface area (Å²) in [6, 6.07) is 3.63. The number of aryl methyl sites for hydroxylation is 1. The van der Waals surface area contributed by atoms with E-state index in [9.17, 15) is 9.90 Å². The Kier molecular flexibility index (Phi) is 5.43. The number of β-amino-alcohol motifs (C(OH)–C–C–N with tert-alkyl or cyclic N) is 1. The van der Waals surface area contributed by atoms with E-state index in [1.165, 1.54) is 0 Å². The number of nitrogens with one attached hydrogen (secondary N) is 2. The van der Waals surface area contributed by atoms with Crippen LogP contribution in [0.5, 0.6) is 0 Å². The highest BCUT2D eigenvalue weighted by molar-refractivity contribution is 5.92. The van der Waals surface area contributed by atoms with Crippen LogP contribution >= 0.6 is 0 Å². The van der Waals surface area contributed by atoms with Crippen LogP contribution < -0.4 is 10.6 Å². The van der Waals surface area contributed by atoms with Crippen LogP contribution in [0.3, 0.4) is 0 Å². The number of hydrogen-bond donors (Lipinski definition) is 3. The molecule has 0 spiro atoms. The summed E-state index contributed by atoms with van der Waals surface area (Å²) in [4.78, 5) is 18.8. The van der Waals surface area contributed by atoms with Gasteiger partial charge in [0.15, 0.2) is 0 Å². The number of carbonyl (C=O) groups is 1. The van der Waals surface area contributed by atoms with Crippen LogP contribution in [0, 0.1) is 0 Å². The second-order valence-corrected chi connectivity index (χ2v) is 6.00. The number of nitrogens with zero attached hydrogens (tertiary/aromatic N) is 2. The lowest BCUT2D eigenvalue weighted by Gasteiger charge is -2.28. The van der Waals surface area contributed by atoms with E-state index in [2.05, 4.69) is 20.5 Å². The molecular formula is C16H24N4O3. The molecule has 0 bridgehead atoms. The number of aliphatic hydroxyl groups is 1. The van der Waals surface area contributed by atoms with Crippen molar-refractivity contribution in [1.82, 2.24) is 15.2 Å². The molecule has 0 saturated carbocycles. The fourth-order valence-electron chi connectivity index (χ4n) is 2.91. The van der Waals surface area contributed by atoms with Crippen LogP contribution in [-0.2, 0) is 11.2 Å². The molecule has 126 valence electrons. The lowest BCUT2D eigenvalue weighted by Crippen LogP contribution is -2.44. The third-order valence-electron chi connectivity index (χ3n) is 4.18. The number of ether oxygens (including phenoxy) is 1. The fourth-order valence-corrected chi connectivity index (χ4v) is 2.91. The van der Waals surface area contributed by atoms with Crippen molar-refractivity contribution in [1.29, 1.82) is 0 Å². The SMILES string of the molecule is O=C(NCC(O)CN1CCOCC1)c1ccc2c(n1)CCCN2. The van der Waals surface area contributed by atoms with Crippen molar-refractivity contribution in [2.75, 3.05) is 51.3 Å². The monoisotopic (exact) mass is 320 g/mol. The van der Waals surface area contributed by atoms with Crippen LogP contribution in [0.15, 0.2) is 12.1 Å². The molecule has 1 atom stereocenters. The zero-order valence-electron chi connectivity index (χ0n) is 13.3. The van der Waals surface area contributed by atoms with Gasteiger partial charge in [0.05, 0.1) is 30.7 Å². The van der Waals surface area contributed by atoms with Gasteiger partial charge in [0.2, 0.25) is 0 Å². The van der Waals surface area contributed by atoms with Gasteiger partial charge in [-0.05, 0) is 25.0 Å². The molecule has 2 aliphatic rings. The molecule has 7 nitrogen and oxygen atoms in total. The molecule has 23 heavy (non-hydrogen) atoms. The largest absolute Gasteiger partial charge is 0.390 e. The number of rotatable bonds is 5. The van der Waals surface area contributed by atoms with Crippen molar-refractivity contribution in [2.45, 2.75) is 18.9 Å². The summed E-state index contributed by atoms with van der Waals surface area (Å²) in [6.07, 6.45) is 1.34. The zero-order chi connectivity index (χ0) is 16.1. The van der Waals surface area contributed by atoms with E-state index < -0.39 is 6.10 Å². The van der Waals surface area contributed by atoms with Crippen molar-refractivity contribution >= 4 is 11.6 Å². The number of anilines is 1. The minimum Gasteiger partial charge on any atom is -0.390 e. The first-order valence-electron chi connectivity index (χ1n) is 8.22. The second-order valence-electron chi connectivity index (χ2n) is 6.00. The van der Waals surface area contributed by atoms with E-state index in [-0.39, 0.29) is 12.5 Å². The first-order chi connectivity index (χ1) is 11.2. The summed E-state index contributed by atoms with van der Waals surface area (Å²) >= 11 is 0. The van der Waals surface area contributed by atoms with E-state index >= 15 is 0 Å². The number of aliphatic hydroxyl groups excluding tert-OH is 1. The van der Waals surface area contributed by atoms with E-state index in [0.717, 1.165) is 43.9 Å². The summed E-state index contributed by atoms with van der Waals surface area (Å²) in [5.74, 6) is -0.237. The van der Waals surface area contributed by atoms with Crippen molar-refractivity contribution < 1.29 is 14.6 Å². The summed E-state index contributed by atoms with van der Waals surface area (Å²) in [5, 5.41) is 16.1. The predicted molar refractivity (Wildman–Crippen MR) is 86.6 cm³/mol. The van der Waals surface area contributed by atoms with E-state index in [4.69, 9.17) is 4.74 Å². The van der Waals surface area contributed by atoms with Gasteiger partial charge < -0.3 is 20.5 Å². The highest BCUT2D eigenvalue weighted by atomic mass is 16.5. The number of morpholine rings is 1. The van der Waals surface area contributed by atoms with Gasteiger partial charge in [0, 0.05) is 32.7 Å².